The van der Waals surface area contributed by atoms with Crippen molar-refractivity contribution in [2.24, 2.45) is 0 Å². The van der Waals surface area contributed by atoms with Gasteiger partial charge in [0, 0.05) is 6.42 Å². The summed E-state index contributed by atoms with van der Waals surface area (Å²) < 4.78 is 5.85. The summed E-state index contributed by atoms with van der Waals surface area (Å²) in [4.78, 5) is 11.3. The second-order valence-electron chi connectivity index (χ2n) is 4.47. The fourth-order valence-corrected chi connectivity index (χ4v) is 1.88. The van der Waals surface area contributed by atoms with Gasteiger partial charge in [-0.3, -0.25) is 4.79 Å². The maximum absolute atomic E-state index is 11.3. The van der Waals surface area contributed by atoms with Gasteiger partial charge in [-0.1, -0.05) is 36.4 Å². The highest BCUT2D eigenvalue weighted by molar-refractivity contribution is 5.91. The van der Waals surface area contributed by atoms with Gasteiger partial charge in [0.1, 0.15) is 0 Å². The first-order valence-corrected chi connectivity index (χ1v) is 5.55. The van der Waals surface area contributed by atoms with Crippen LogP contribution in [0.3, 0.4) is 0 Å². The highest BCUT2D eigenvalue weighted by Crippen LogP contribution is 2.26. The van der Waals surface area contributed by atoms with Gasteiger partial charge >= 0.3 is 0 Å². The van der Waals surface area contributed by atoms with Crippen molar-refractivity contribution in [3.05, 3.63) is 48.0 Å². The smallest absolute Gasteiger partial charge is 0.158 e. The summed E-state index contributed by atoms with van der Waals surface area (Å²) in [6, 6.07) is 10.0. The van der Waals surface area contributed by atoms with Crippen LogP contribution in [0, 0.1) is 0 Å². The van der Waals surface area contributed by atoms with E-state index in [1.54, 1.807) is 6.08 Å². The SMILES string of the molecule is C[C@@]1(OCc2ccccc2)CC=CC(=O)C1. The van der Waals surface area contributed by atoms with Gasteiger partial charge in [0.15, 0.2) is 5.78 Å². The van der Waals surface area contributed by atoms with Crippen molar-refractivity contribution < 1.29 is 9.53 Å². The van der Waals surface area contributed by atoms with Crippen molar-refractivity contribution in [2.45, 2.75) is 32.0 Å². The standard InChI is InChI=1S/C14H16O2/c1-14(9-5-8-13(15)10-14)16-11-12-6-3-2-4-7-12/h2-8H,9-11H2,1H3/t14-/m1/s1. The van der Waals surface area contributed by atoms with Crippen LogP contribution in [0.1, 0.15) is 25.3 Å². The van der Waals surface area contributed by atoms with E-state index in [1.807, 2.05) is 43.3 Å². The Labute approximate surface area is 95.9 Å². The number of rotatable bonds is 3. The quantitative estimate of drug-likeness (QED) is 0.776. The van der Waals surface area contributed by atoms with Crippen molar-refractivity contribution in [3.63, 3.8) is 0 Å². The molecule has 1 aromatic rings. The first-order chi connectivity index (χ1) is 7.68. The molecule has 0 saturated heterocycles. The average Bonchev–Trinajstić information content (AvgIpc) is 2.28. The molecule has 0 bridgehead atoms. The molecule has 0 saturated carbocycles. The fraction of sp³-hybridized carbons (Fsp3) is 0.357. The molecule has 0 fully saturated rings. The summed E-state index contributed by atoms with van der Waals surface area (Å²) in [6.45, 7) is 2.57. The number of hydrogen-bond donors (Lipinski definition) is 0. The minimum absolute atomic E-state index is 0.154. The predicted molar refractivity (Wildman–Crippen MR) is 63.0 cm³/mol. The zero-order chi connectivity index (χ0) is 11.4. The molecular formula is C14H16O2. The van der Waals surface area contributed by atoms with Crippen LogP contribution in [-0.2, 0) is 16.1 Å². The molecule has 0 spiro atoms. The third-order valence-electron chi connectivity index (χ3n) is 2.83. The molecule has 0 heterocycles. The predicted octanol–water partition coefficient (Wildman–Crippen LogP) is 2.88. The molecule has 2 rings (SSSR count). The van der Waals surface area contributed by atoms with Gasteiger partial charge in [0.25, 0.3) is 0 Å². The molecule has 1 aliphatic rings. The lowest BCUT2D eigenvalue weighted by atomic mass is 9.90. The molecule has 2 heteroatoms. The van der Waals surface area contributed by atoms with E-state index in [0.29, 0.717) is 13.0 Å². The van der Waals surface area contributed by atoms with E-state index in [2.05, 4.69) is 0 Å². The number of hydrogen-bond acceptors (Lipinski definition) is 2. The fourth-order valence-electron chi connectivity index (χ4n) is 1.88. The monoisotopic (exact) mass is 216 g/mol. The van der Waals surface area contributed by atoms with E-state index in [-0.39, 0.29) is 11.4 Å². The van der Waals surface area contributed by atoms with Crippen LogP contribution in [0.25, 0.3) is 0 Å². The first-order valence-electron chi connectivity index (χ1n) is 5.55. The van der Waals surface area contributed by atoms with Crippen LogP contribution in [0.2, 0.25) is 0 Å². The van der Waals surface area contributed by atoms with Gasteiger partial charge in [0.05, 0.1) is 12.2 Å². The molecule has 1 aromatic carbocycles. The summed E-state index contributed by atoms with van der Waals surface area (Å²) in [7, 11) is 0. The van der Waals surface area contributed by atoms with E-state index < -0.39 is 0 Å². The third kappa shape index (κ3) is 2.80. The summed E-state index contributed by atoms with van der Waals surface area (Å²) in [5.41, 5.74) is 0.813. The average molecular weight is 216 g/mol. The molecule has 0 radical (unpaired) electrons. The van der Waals surface area contributed by atoms with Crippen molar-refractivity contribution in [2.75, 3.05) is 0 Å². The molecule has 0 aromatic heterocycles. The first kappa shape index (κ1) is 11.1. The van der Waals surface area contributed by atoms with Crippen molar-refractivity contribution in [1.29, 1.82) is 0 Å². The van der Waals surface area contributed by atoms with Gasteiger partial charge in [-0.15, -0.1) is 0 Å². The number of ketones is 1. The van der Waals surface area contributed by atoms with Crippen LogP contribution >= 0.6 is 0 Å². The second kappa shape index (κ2) is 4.62. The number of allylic oxidation sites excluding steroid dienone is 1. The van der Waals surface area contributed by atoms with E-state index in [9.17, 15) is 4.79 Å². The summed E-state index contributed by atoms with van der Waals surface area (Å²) in [6.07, 6.45) is 4.84. The minimum Gasteiger partial charge on any atom is -0.370 e. The Balaban J connectivity index is 1.95. The summed E-state index contributed by atoms with van der Waals surface area (Å²) in [5, 5.41) is 0. The van der Waals surface area contributed by atoms with Crippen molar-refractivity contribution >= 4 is 5.78 Å². The third-order valence-corrected chi connectivity index (χ3v) is 2.83. The van der Waals surface area contributed by atoms with Crippen LogP contribution in [0.15, 0.2) is 42.5 Å². The Morgan fingerprint density at radius 3 is 2.75 bits per heavy atom. The topological polar surface area (TPSA) is 26.3 Å². The second-order valence-corrected chi connectivity index (χ2v) is 4.47. The molecule has 0 aliphatic heterocycles. The maximum atomic E-state index is 11.3. The Morgan fingerprint density at radius 2 is 2.06 bits per heavy atom. The van der Waals surface area contributed by atoms with E-state index in [0.717, 1.165) is 12.0 Å². The van der Waals surface area contributed by atoms with Crippen molar-refractivity contribution in [3.8, 4) is 0 Å². The highest BCUT2D eigenvalue weighted by atomic mass is 16.5. The highest BCUT2D eigenvalue weighted by Gasteiger charge is 2.29. The van der Waals surface area contributed by atoms with Gasteiger partial charge in [-0.05, 0) is 25.0 Å². The lowest BCUT2D eigenvalue weighted by Crippen LogP contribution is -2.33. The Hall–Kier alpha value is -1.41. The van der Waals surface area contributed by atoms with Crippen molar-refractivity contribution in [1.82, 2.24) is 0 Å². The van der Waals surface area contributed by atoms with Gasteiger partial charge in [0.2, 0.25) is 0 Å². The largest absolute Gasteiger partial charge is 0.370 e. The molecule has 0 N–H and O–H groups in total. The number of benzene rings is 1. The number of ether oxygens (including phenoxy) is 1. The van der Waals surface area contributed by atoms with Gasteiger partial charge in [-0.25, -0.2) is 0 Å². The molecule has 1 atom stereocenters. The normalized spacial score (nSPS) is 24.7. The van der Waals surface area contributed by atoms with Crippen LogP contribution in [0.5, 0.6) is 0 Å². The molecule has 84 valence electrons. The Morgan fingerprint density at radius 1 is 1.31 bits per heavy atom. The molecular weight excluding hydrogens is 200 g/mol. The zero-order valence-corrected chi connectivity index (χ0v) is 9.48. The molecule has 0 amide bonds. The lowest BCUT2D eigenvalue weighted by Gasteiger charge is -2.30. The summed E-state index contributed by atoms with van der Waals surface area (Å²) in [5.74, 6) is 0.154. The Bertz CT molecular complexity index is 394. The van der Waals surface area contributed by atoms with Crippen LogP contribution in [-0.4, -0.2) is 11.4 Å². The van der Waals surface area contributed by atoms with E-state index in [4.69, 9.17) is 4.74 Å². The van der Waals surface area contributed by atoms with Gasteiger partial charge < -0.3 is 4.74 Å². The zero-order valence-electron chi connectivity index (χ0n) is 9.48. The van der Waals surface area contributed by atoms with Crippen LogP contribution < -0.4 is 0 Å². The van der Waals surface area contributed by atoms with E-state index >= 15 is 0 Å². The Kier molecular flexibility index (Phi) is 3.20. The minimum atomic E-state index is -0.332. The molecule has 2 nitrogen and oxygen atoms in total. The maximum Gasteiger partial charge on any atom is 0.158 e. The molecule has 0 unspecified atom stereocenters. The number of carbonyl (C=O) groups is 1. The number of carbonyl (C=O) groups excluding carboxylic acids is 1. The lowest BCUT2D eigenvalue weighted by molar-refractivity contribution is -0.123. The molecule has 16 heavy (non-hydrogen) atoms. The van der Waals surface area contributed by atoms with E-state index in [1.165, 1.54) is 0 Å². The molecule has 1 aliphatic carbocycles. The summed E-state index contributed by atoms with van der Waals surface area (Å²) >= 11 is 0. The van der Waals surface area contributed by atoms with Gasteiger partial charge in [-0.2, -0.15) is 0 Å². The van der Waals surface area contributed by atoms with Crippen LogP contribution in [0.4, 0.5) is 0 Å².